The van der Waals surface area contributed by atoms with Gasteiger partial charge in [-0.25, -0.2) is 28.6 Å². The maximum atomic E-state index is 12.7. The first-order chi connectivity index (χ1) is 26.5. The van der Waals surface area contributed by atoms with Gasteiger partial charge in [0.05, 0.1) is 25.6 Å². The molecular weight excluding hydrogens is 847 g/mol. The van der Waals surface area contributed by atoms with E-state index in [1.54, 1.807) is 0 Å². The molecule has 1 aliphatic heterocycles. The van der Waals surface area contributed by atoms with Crippen LogP contribution in [0.2, 0.25) is 0 Å². The smallest absolute Gasteiger partial charge is 0.386 e. The molecule has 1 aliphatic rings. The number of ether oxygens (including phenoxy) is 1. The molecule has 30 heteroatoms. The Balaban J connectivity index is 1.47. The third-order valence-corrected chi connectivity index (χ3v) is 12.1. The number of hydrogen-bond donors (Lipinski definition) is 11. The van der Waals surface area contributed by atoms with Crippen LogP contribution in [0.4, 0.5) is 5.82 Å². The van der Waals surface area contributed by atoms with Crippen molar-refractivity contribution in [3.05, 3.63) is 12.7 Å². The van der Waals surface area contributed by atoms with Crippen LogP contribution in [0.15, 0.2) is 12.7 Å². The fourth-order valence-electron chi connectivity index (χ4n) is 5.02. The van der Waals surface area contributed by atoms with Gasteiger partial charge in [0.25, 0.3) is 0 Å². The standard InChI is InChI=1S/C27H48N9O17P3S/c1-27(2,21(39)24(40)32-8-6-17(37)31-9-10-57-26(41)15(29)5-3-4-7-28)12-50-56(47,48)53-55(45,46)49-11-16-20(52-54(42,43)44)19(38)25(51-16)36-14-35-18-22(30)33-13-34-23(18)36/h13-16,19-21,25,38-39H,3-12,28-29H2,1-2H3,(H,31,37)(H,32,40)(H,45,46)(H,47,48)(H2,30,33,34)(H2,42,43,44)/t15-,16+,19+,20+,21-,25+/m0/s1. The normalized spacial score (nSPS) is 22.1. The summed E-state index contributed by atoms with van der Waals surface area (Å²) >= 11 is 0.980. The van der Waals surface area contributed by atoms with Crippen molar-refractivity contribution in [2.75, 3.05) is 44.3 Å². The second-order valence-electron chi connectivity index (χ2n) is 13.1. The summed E-state index contributed by atoms with van der Waals surface area (Å²) < 4.78 is 62.1. The van der Waals surface area contributed by atoms with Crippen molar-refractivity contribution >= 4 is 69.1 Å². The summed E-state index contributed by atoms with van der Waals surface area (Å²) in [5.41, 5.74) is 15.5. The van der Waals surface area contributed by atoms with Crippen LogP contribution in [0, 0.1) is 5.41 Å². The van der Waals surface area contributed by atoms with Crippen molar-refractivity contribution in [1.29, 1.82) is 0 Å². The Morgan fingerprint density at radius 2 is 1.74 bits per heavy atom. The van der Waals surface area contributed by atoms with Crippen LogP contribution in [-0.2, 0) is 50.7 Å². The van der Waals surface area contributed by atoms with Gasteiger partial charge in [0.1, 0.15) is 36.3 Å². The first-order valence-corrected chi connectivity index (χ1v) is 22.5. The van der Waals surface area contributed by atoms with Crippen molar-refractivity contribution in [3.8, 4) is 0 Å². The van der Waals surface area contributed by atoms with E-state index in [1.807, 2.05) is 0 Å². The highest BCUT2D eigenvalue weighted by Gasteiger charge is 2.50. The number of nitrogens with two attached hydrogens (primary N) is 3. The van der Waals surface area contributed by atoms with E-state index in [9.17, 15) is 57.9 Å². The molecule has 0 bridgehead atoms. The Kier molecular flexibility index (Phi) is 18.1. The number of carbonyl (C=O) groups excluding carboxylic acids is 3. The predicted molar refractivity (Wildman–Crippen MR) is 198 cm³/mol. The second-order valence-corrected chi connectivity index (χ2v) is 18.5. The molecule has 3 heterocycles. The third-order valence-electron chi connectivity index (χ3n) is 8.02. The number of phosphoric ester groups is 3. The molecule has 2 unspecified atom stereocenters. The number of nitrogens with one attached hydrogen (secondary N) is 2. The van der Waals surface area contributed by atoms with Crippen molar-refractivity contribution < 1.29 is 80.5 Å². The number of aliphatic hydroxyl groups is 2. The first-order valence-electron chi connectivity index (χ1n) is 17.0. The predicted octanol–water partition coefficient (Wildman–Crippen LogP) is -1.88. The van der Waals surface area contributed by atoms with E-state index in [2.05, 4.69) is 34.4 Å². The highest BCUT2D eigenvalue weighted by molar-refractivity contribution is 8.13. The van der Waals surface area contributed by atoms with Crippen LogP contribution < -0.4 is 27.8 Å². The van der Waals surface area contributed by atoms with E-state index in [0.29, 0.717) is 13.0 Å². The van der Waals surface area contributed by atoms with Gasteiger partial charge in [-0.05, 0) is 19.4 Å². The van der Waals surface area contributed by atoms with Crippen molar-refractivity contribution in [1.82, 2.24) is 30.2 Å². The zero-order valence-corrected chi connectivity index (χ0v) is 34.1. The van der Waals surface area contributed by atoms with Gasteiger partial charge in [-0.1, -0.05) is 32.0 Å². The fourth-order valence-corrected chi connectivity index (χ4v) is 8.58. The Hall–Kier alpha value is -2.52. The number of thioether (sulfide) groups is 1. The number of rotatable bonds is 24. The molecule has 2 aromatic rings. The zero-order chi connectivity index (χ0) is 42.8. The maximum Gasteiger partial charge on any atom is 0.481 e. The molecule has 0 spiro atoms. The number of phosphoric acid groups is 3. The number of anilines is 1. The Morgan fingerprint density at radius 3 is 2.40 bits per heavy atom. The number of amides is 2. The summed E-state index contributed by atoms with van der Waals surface area (Å²) in [6.07, 6.45) is -4.99. The molecule has 0 aromatic carbocycles. The lowest BCUT2D eigenvalue weighted by atomic mass is 9.87. The Labute approximate surface area is 329 Å². The molecule has 2 amide bonds. The van der Waals surface area contributed by atoms with E-state index in [-0.39, 0.29) is 47.4 Å². The molecule has 1 fully saturated rings. The number of fused-ring (bicyclic) bond motifs is 1. The topological polar surface area (TPSA) is 416 Å². The number of hydrogen-bond acceptors (Lipinski definition) is 20. The van der Waals surface area contributed by atoms with Gasteiger partial charge in [-0.3, -0.25) is 32.5 Å². The lowest BCUT2D eigenvalue weighted by Crippen LogP contribution is -2.46. The number of carbonyl (C=O) groups is 3. The number of aliphatic hydroxyl groups excluding tert-OH is 2. The SMILES string of the molecule is CC(C)(COP(=O)(O)OP(=O)(O)OC[C@H]1O[C@@H](n2cnc3c(N)ncnc32)[C@H](O)[C@@H]1OP(=O)(O)O)[C@@H](O)C(=O)NCCC(=O)NCCSC(=O)[C@@H](N)CCCCN. The molecule has 26 nitrogen and oxygen atoms in total. The highest BCUT2D eigenvalue weighted by Crippen LogP contribution is 2.61. The summed E-state index contributed by atoms with van der Waals surface area (Å²) in [6, 6.07) is -0.630. The Morgan fingerprint density at radius 1 is 1.05 bits per heavy atom. The molecule has 324 valence electrons. The van der Waals surface area contributed by atoms with Crippen LogP contribution in [0.3, 0.4) is 0 Å². The summed E-state index contributed by atoms with van der Waals surface area (Å²) in [6.45, 7) is 0.897. The second kappa shape index (κ2) is 21.1. The molecule has 3 rings (SSSR count). The molecule has 0 saturated carbocycles. The van der Waals surface area contributed by atoms with Crippen molar-refractivity contribution in [3.63, 3.8) is 0 Å². The van der Waals surface area contributed by atoms with E-state index < -0.39 is 90.6 Å². The molecule has 2 aromatic heterocycles. The largest absolute Gasteiger partial charge is 0.481 e. The van der Waals surface area contributed by atoms with Gasteiger partial charge in [-0.15, -0.1) is 0 Å². The number of aromatic nitrogens is 4. The van der Waals surface area contributed by atoms with E-state index in [0.717, 1.165) is 41.8 Å². The molecule has 8 atom stereocenters. The minimum absolute atomic E-state index is 0.0269. The number of nitrogen functional groups attached to an aromatic ring is 1. The van der Waals surface area contributed by atoms with Crippen LogP contribution in [-0.4, -0.2) is 135 Å². The van der Waals surface area contributed by atoms with Crippen LogP contribution in [0.5, 0.6) is 0 Å². The monoisotopic (exact) mass is 895 g/mol. The molecule has 1 saturated heterocycles. The number of nitrogens with zero attached hydrogens (tertiary/aromatic N) is 4. The fraction of sp³-hybridized carbons (Fsp3) is 0.704. The third kappa shape index (κ3) is 15.2. The van der Waals surface area contributed by atoms with E-state index in [1.165, 1.54) is 13.8 Å². The quantitative estimate of drug-likeness (QED) is 0.0406. The molecule has 0 radical (unpaired) electrons. The summed E-state index contributed by atoms with van der Waals surface area (Å²) in [5, 5.41) is 26.1. The van der Waals surface area contributed by atoms with Crippen LogP contribution >= 0.6 is 35.2 Å². The van der Waals surface area contributed by atoms with Crippen molar-refractivity contribution in [2.45, 2.75) is 76.2 Å². The molecule has 14 N–H and O–H groups in total. The minimum Gasteiger partial charge on any atom is -0.386 e. The van der Waals surface area contributed by atoms with Crippen LogP contribution in [0.25, 0.3) is 11.2 Å². The Bertz CT molecular complexity index is 1840. The molecular formula is C27H48N9O17P3S. The van der Waals surface area contributed by atoms with Gasteiger partial charge in [0.15, 0.2) is 17.7 Å². The lowest BCUT2D eigenvalue weighted by molar-refractivity contribution is -0.137. The van der Waals surface area contributed by atoms with Gasteiger partial charge < -0.3 is 62.4 Å². The summed E-state index contributed by atoms with van der Waals surface area (Å²) in [4.78, 5) is 87.7. The number of imidazole rings is 1. The van der Waals surface area contributed by atoms with Gasteiger partial charge in [0.2, 0.25) is 16.9 Å². The van der Waals surface area contributed by atoms with Gasteiger partial charge in [0, 0.05) is 30.7 Å². The van der Waals surface area contributed by atoms with Crippen molar-refractivity contribution in [2.24, 2.45) is 16.9 Å². The van der Waals surface area contributed by atoms with Gasteiger partial charge >= 0.3 is 23.5 Å². The summed E-state index contributed by atoms with van der Waals surface area (Å²) in [7, 11) is -16.4. The first kappa shape index (κ1) is 48.8. The summed E-state index contributed by atoms with van der Waals surface area (Å²) in [5.74, 6) is -1.23. The molecule has 0 aliphatic carbocycles. The average molecular weight is 896 g/mol. The van der Waals surface area contributed by atoms with E-state index >= 15 is 0 Å². The highest BCUT2D eigenvalue weighted by atomic mass is 32.2. The van der Waals surface area contributed by atoms with Gasteiger partial charge in [-0.2, -0.15) is 4.31 Å². The zero-order valence-electron chi connectivity index (χ0n) is 30.6. The lowest BCUT2D eigenvalue weighted by Gasteiger charge is -2.30. The minimum atomic E-state index is -5.58. The molecule has 57 heavy (non-hydrogen) atoms. The van der Waals surface area contributed by atoms with E-state index in [4.69, 9.17) is 31.0 Å². The van der Waals surface area contributed by atoms with Crippen LogP contribution in [0.1, 0.15) is 45.8 Å². The maximum absolute atomic E-state index is 12.7. The number of unbranched alkanes of at least 4 members (excludes halogenated alkanes) is 1. The average Bonchev–Trinajstić information content (AvgIpc) is 3.68.